The van der Waals surface area contributed by atoms with Gasteiger partial charge in [-0.1, -0.05) is 0 Å². The van der Waals surface area contributed by atoms with E-state index in [1.165, 1.54) is 0 Å². The van der Waals surface area contributed by atoms with E-state index in [4.69, 9.17) is 19.5 Å². The first-order valence-corrected chi connectivity index (χ1v) is 5.94. The van der Waals surface area contributed by atoms with Gasteiger partial charge in [0.2, 0.25) is 0 Å². The van der Waals surface area contributed by atoms with Crippen molar-refractivity contribution in [3.8, 4) is 0 Å². The van der Waals surface area contributed by atoms with Gasteiger partial charge in [0.05, 0.1) is 17.2 Å². The summed E-state index contributed by atoms with van der Waals surface area (Å²) < 4.78 is 17.4. The summed E-state index contributed by atoms with van der Waals surface area (Å²) in [6, 6.07) is 3.61. The molecule has 17 heavy (non-hydrogen) atoms. The maximum Gasteiger partial charge on any atom is 0.532 e. The minimum atomic E-state index is -0.451. The number of furan rings is 1. The van der Waals surface area contributed by atoms with Crippen LogP contribution in [0.5, 0.6) is 0 Å². The van der Waals surface area contributed by atoms with Gasteiger partial charge in [0.25, 0.3) is 0 Å². The van der Waals surface area contributed by atoms with E-state index in [9.17, 15) is 0 Å². The Balaban J connectivity index is 2.20. The molecule has 5 heteroatoms. The molecule has 1 aromatic heterocycles. The van der Waals surface area contributed by atoms with Crippen LogP contribution in [0.4, 0.5) is 0 Å². The summed E-state index contributed by atoms with van der Waals surface area (Å²) in [5, 5.41) is 0. The van der Waals surface area contributed by atoms with Crippen LogP contribution in [-0.2, 0) is 9.31 Å². The van der Waals surface area contributed by atoms with Gasteiger partial charge in [-0.2, -0.15) is 0 Å². The molecule has 0 saturated carbocycles. The van der Waals surface area contributed by atoms with Crippen LogP contribution in [-0.4, -0.2) is 18.3 Å². The first kappa shape index (κ1) is 12.7. The first-order valence-electron chi connectivity index (χ1n) is 5.94. The zero-order chi connectivity index (χ0) is 12.8. The lowest BCUT2D eigenvalue weighted by atomic mass is 9.86. The van der Waals surface area contributed by atoms with Gasteiger partial charge < -0.3 is 19.5 Å². The zero-order valence-corrected chi connectivity index (χ0v) is 11.1. The smallest absolute Gasteiger partial charge is 0.468 e. The molecule has 1 fully saturated rings. The van der Waals surface area contributed by atoms with Crippen LogP contribution in [0.3, 0.4) is 0 Å². The minimum Gasteiger partial charge on any atom is -0.468 e. The molecule has 2 N–H and O–H groups in total. The molecular formula is C12H20BNO3. The lowest BCUT2D eigenvalue weighted by Crippen LogP contribution is -2.41. The van der Waals surface area contributed by atoms with Crippen LogP contribution in [0.15, 0.2) is 16.5 Å². The Hall–Kier alpha value is -0.775. The molecule has 0 radical (unpaired) electrons. The Kier molecular flexibility index (Phi) is 2.88. The molecule has 0 spiro atoms. The summed E-state index contributed by atoms with van der Waals surface area (Å²) in [5.74, 6) is 0.745. The predicted molar refractivity (Wildman–Crippen MR) is 67.0 cm³/mol. The number of nitrogens with two attached hydrogens (primary N) is 1. The topological polar surface area (TPSA) is 57.6 Å². The van der Waals surface area contributed by atoms with Crippen molar-refractivity contribution in [3.63, 3.8) is 0 Å². The van der Waals surface area contributed by atoms with Crippen molar-refractivity contribution in [3.05, 3.63) is 17.9 Å². The highest BCUT2D eigenvalue weighted by atomic mass is 16.7. The van der Waals surface area contributed by atoms with Crippen molar-refractivity contribution in [1.82, 2.24) is 0 Å². The second-order valence-corrected chi connectivity index (χ2v) is 5.62. The largest absolute Gasteiger partial charge is 0.532 e. The highest BCUT2D eigenvalue weighted by molar-refractivity contribution is 6.60. The average Bonchev–Trinajstić information content (AvgIpc) is 2.70. The van der Waals surface area contributed by atoms with Crippen molar-refractivity contribution in [2.75, 3.05) is 0 Å². The molecule has 1 aromatic rings. The fraction of sp³-hybridized carbons (Fsp3) is 0.667. The molecule has 1 saturated heterocycles. The van der Waals surface area contributed by atoms with Crippen LogP contribution >= 0.6 is 0 Å². The van der Waals surface area contributed by atoms with Gasteiger partial charge in [-0.15, -0.1) is 0 Å². The Morgan fingerprint density at radius 2 is 1.65 bits per heavy atom. The van der Waals surface area contributed by atoms with Crippen molar-refractivity contribution in [1.29, 1.82) is 0 Å². The lowest BCUT2D eigenvalue weighted by molar-refractivity contribution is 0.00578. The number of rotatable bonds is 2. The molecule has 2 rings (SSSR count). The van der Waals surface area contributed by atoms with E-state index in [0.29, 0.717) is 5.66 Å². The van der Waals surface area contributed by atoms with Gasteiger partial charge in [0.15, 0.2) is 0 Å². The predicted octanol–water partition coefficient (Wildman–Crippen LogP) is 1.60. The Bertz CT molecular complexity index is 396. The van der Waals surface area contributed by atoms with Gasteiger partial charge in [-0.05, 0) is 46.8 Å². The maximum absolute atomic E-state index is 5.89. The minimum absolute atomic E-state index is 0.119. The highest BCUT2D eigenvalue weighted by Gasteiger charge is 2.53. The molecule has 4 nitrogen and oxygen atoms in total. The van der Waals surface area contributed by atoms with Crippen molar-refractivity contribution in [2.45, 2.75) is 51.9 Å². The molecular weight excluding hydrogens is 217 g/mol. The first-order chi connectivity index (χ1) is 7.73. The normalized spacial score (nSPS) is 24.0. The fourth-order valence-corrected chi connectivity index (χ4v) is 1.70. The second kappa shape index (κ2) is 3.87. The van der Waals surface area contributed by atoms with Crippen LogP contribution in [0.25, 0.3) is 0 Å². The Morgan fingerprint density at radius 3 is 2.06 bits per heavy atom. The SMILES string of the molecule is C[C@H](N)c1ccc(B2OC(C)(C)C(C)(C)O2)o1. The van der Waals surface area contributed by atoms with Gasteiger partial charge in [0.1, 0.15) is 11.4 Å². The zero-order valence-electron chi connectivity index (χ0n) is 11.1. The van der Waals surface area contributed by atoms with E-state index in [0.717, 1.165) is 5.76 Å². The summed E-state index contributed by atoms with van der Waals surface area (Å²) in [6.07, 6.45) is 0. The second-order valence-electron chi connectivity index (χ2n) is 5.62. The van der Waals surface area contributed by atoms with E-state index < -0.39 is 7.12 Å². The Morgan fingerprint density at radius 1 is 1.12 bits per heavy atom. The summed E-state index contributed by atoms with van der Waals surface area (Å²) in [4.78, 5) is 0. The lowest BCUT2D eigenvalue weighted by Gasteiger charge is -2.32. The Labute approximate surface area is 103 Å². The number of hydrogen-bond donors (Lipinski definition) is 1. The van der Waals surface area contributed by atoms with Gasteiger partial charge in [-0.25, -0.2) is 0 Å². The molecule has 0 amide bonds. The fourth-order valence-electron chi connectivity index (χ4n) is 1.70. The number of hydrogen-bond acceptors (Lipinski definition) is 4. The van der Waals surface area contributed by atoms with Crippen LogP contribution in [0.1, 0.15) is 46.4 Å². The molecule has 0 aromatic carbocycles. The van der Waals surface area contributed by atoms with E-state index >= 15 is 0 Å². The molecule has 0 aliphatic carbocycles. The quantitative estimate of drug-likeness (QED) is 0.793. The maximum atomic E-state index is 5.89. The van der Waals surface area contributed by atoms with Crippen LogP contribution in [0, 0.1) is 0 Å². The van der Waals surface area contributed by atoms with E-state index in [-0.39, 0.29) is 17.2 Å². The summed E-state index contributed by atoms with van der Waals surface area (Å²) in [6.45, 7) is 9.95. The van der Waals surface area contributed by atoms with Gasteiger partial charge in [-0.3, -0.25) is 0 Å². The molecule has 0 bridgehead atoms. The molecule has 1 aliphatic rings. The van der Waals surface area contributed by atoms with Crippen LogP contribution in [0.2, 0.25) is 0 Å². The van der Waals surface area contributed by atoms with Crippen molar-refractivity contribution < 1.29 is 13.7 Å². The average molecular weight is 237 g/mol. The van der Waals surface area contributed by atoms with E-state index in [1.807, 2.05) is 46.8 Å². The molecule has 2 heterocycles. The van der Waals surface area contributed by atoms with Crippen molar-refractivity contribution >= 4 is 12.8 Å². The van der Waals surface area contributed by atoms with E-state index in [1.54, 1.807) is 0 Å². The third-order valence-corrected chi connectivity index (χ3v) is 3.58. The third-order valence-electron chi connectivity index (χ3n) is 3.58. The third kappa shape index (κ3) is 2.15. The molecule has 0 unspecified atom stereocenters. The van der Waals surface area contributed by atoms with E-state index in [2.05, 4.69) is 0 Å². The van der Waals surface area contributed by atoms with Crippen molar-refractivity contribution in [2.24, 2.45) is 5.73 Å². The molecule has 94 valence electrons. The monoisotopic (exact) mass is 237 g/mol. The molecule has 1 atom stereocenters. The summed E-state index contributed by atoms with van der Waals surface area (Å²) in [5.41, 5.74) is 5.74. The standard InChI is InChI=1S/C12H20BNO3/c1-8(14)9-6-7-10(15-9)13-16-11(2,3)12(4,5)17-13/h6-8H,14H2,1-5H3/t8-/m0/s1. The highest BCUT2D eigenvalue weighted by Crippen LogP contribution is 2.36. The molecule has 1 aliphatic heterocycles. The van der Waals surface area contributed by atoms with Crippen LogP contribution < -0.4 is 11.4 Å². The summed E-state index contributed by atoms with van der Waals surface area (Å²) >= 11 is 0. The van der Waals surface area contributed by atoms with Gasteiger partial charge >= 0.3 is 7.12 Å². The van der Waals surface area contributed by atoms with Gasteiger partial charge in [0, 0.05) is 0 Å². The summed E-state index contributed by atoms with van der Waals surface area (Å²) in [7, 11) is -0.451.